The van der Waals surface area contributed by atoms with Gasteiger partial charge in [-0.1, -0.05) is 33.1 Å². The molecule has 0 aromatic rings. The second kappa shape index (κ2) is 6.91. The first-order chi connectivity index (χ1) is 6.18. The third-order valence-corrected chi connectivity index (χ3v) is 2.56. The van der Waals surface area contributed by atoms with E-state index in [0.717, 1.165) is 0 Å². The molecule has 1 rings (SSSR count). The molecular weight excluding hydrogens is 267 g/mol. The Morgan fingerprint density at radius 2 is 1.53 bits per heavy atom. The fourth-order valence-electron chi connectivity index (χ4n) is 1.41. The Morgan fingerprint density at radius 1 is 1.20 bits per heavy atom. The van der Waals surface area contributed by atoms with Gasteiger partial charge in [0.05, 0.1) is 0 Å². The van der Waals surface area contributed by atoms with E-state index in [9.17, 15) is 0 Å². The average Bonchev–Trinajstić information content (AvgIpc) is 2.13. The maximum absolute atomic E-state index is 8.98. The van der Waals surface area contributed by atoms with Crippen molar-refractivity contribution in [3.63, 3.8) is 0 Å². The van der Waals surface area contributed by atoms with E-state index < -0.39 is 4.70 Å². The minimum atomic E-state index is -0.889. The second-order valence-electron chi connectivity index (χ2n) is 3.85. The SMILES string of the molecule is CC1=[C-]C(C)(C)C(C)=C1C.O=C(Cl)Cl.[Ti]. The molecular formula is C11H15Cl2OTi-. The Morgan fingerprint density at radius 3 is 1.60 bits per heavy atom. The van der Waals surface area contributed by atoms with Gasteiger partial charge in [-0.05, 0) is 23.2 Å². The van der Waals surface area contributed by atoms with Crippen molar-refractivity contribution in [2.45, 2.75) is 34.6 Å². The molecule has 0 bridgehead atoms. The third kappa shape index (κ3) is 5.92. The molecule has 0 saturated heterocycles. The summed E-state index contributed by atoms with van der Waals surface area (Å²) in [7, 11) is 0. The predicted molar refractivity (Wildman–Crippen MR) is 61.7 cm³/mol. The monoisotopic (exact) mass is 281 g/mol. The summed E-state index contributed by atoms with van der Waals surface area (Å²) in [6.45, 7) is 10.9. The topological polar surface area (TPSA) is 17.1 Å². The molecule has 0 radical (unpaired) electrons. The summed E-state index contributed by atoms with van der Waals surface area (Å²) in [5.41, 5.74) is 4.39. The molecule has 0 saturated carbocycles. The number of allylic oxidation sites excluding steroid dienone is 4. The first-order valence-electron chi connectivity index (χ1n) is 4.33. The fourth-order valence-corrected chi connectivity index (χ4v) is 1.41. The molecule has 0 heterocycles. The average molecular weight is 282 g/mol. The zero-order chi connectivity index (χ0) is 11.5. The number of halogens is 2. The number of carbonyl (C=O) groups excluding carboxylic acids is 1. The van der Waals surface area contributed by atoms with Gasteiger partial charge >= 0.3 is 4.70 Å². The van der Waals surface area contributed by atoms with Crippen molar-refractivity contribution in [2.24, 2.45) is 5.41 Å². The van der Waals surface area contributed by atoms with Gasteiger partial charge in [0, 0.05) is 21.7 Å². The van der Waals surface area contributed by atoms with E-state index in [4.69, 9.17) is 4.79 Å². The zero-order valence-electron chi connectivity index (χ0n) is 9.66. The second-order valence-corrected chi connectivity index (χ2v) is 4.73. The van der Waals surface area contributed by atoms with Gasteiger partial charge in [0.1, 0.15) is 0 Å². The molecule has 0 spiro atoms. The number of carbonyl (C=O) groups is 1. The Hall–Kier alpha value is 0.444. The minimum Gasteiger partial charge on any atom is -0.263 e. The maximum atomic E-state index is 8.98. The normalized spacial score (nSPS) is 17.4. The molecule has 0 unspecified atom stereocenters. The molecule has 84 valence electrons. The van der Waals surface area contributed by atoms with E-state index in [1.165, 1.54) is 16.7 Å². The van der Waals surface area contributed by atoms with E-state index in [0.29, 0.717) is 0 Å². The van der Waals surface area contributed by atoms with Crippen LogP contribution in [0.25, 0.3) is 0 Å². The van der Waals surface area contributed by atoms with E-state index in [-0.39, 0.29) is 27.1 Å². The van der Waals surface area contributed by atoms with Crippen LogP contribution in [0.4, 0.5) is 4.79 Å². The summed E-state index contributed by atoms with van der Waals surface area (Å²) >= 11 is 8.80. The van der Waals surface area contributed by atoms with Crippen LogP contribution in [0, 0.1) is 11.5 Å². The summed E-state index contributed by atoms with van der Waals surface area (Å²) in [6.07, 6.45) is 3.44. The summed E-state index contributed by atoms with van der Waals surface area (Å²) < 4.78 is -0.889. The van der Waals surface area contributed by atoms with E-state index in [1.807, 2.05) is 0 Å². The van der Waals surface area contributed by atoms with Crippen molar-refractivity contribution in [1.29, 1.82) is 0 Å². The standard InChI is InChI=1S/C10H15.CCl2O.Ti/c1-7-6-10(4,5)9(3)8(7)2;2-1(3)4;/h1-5H3;;/q-1;;. The van der Waals surface area contributed by atoms with E-state index in [1.54, 1.807) is 0 Å². The molecule has 0 fully saturated rings. The van der Waals surface area contributed by atoms with Gasteiger partial charge in [-0.25, -0.2) is 5.57 Å². The van der Waals surface area contributed by atoms with Crippen LogP contribution in [0.3, 0.4) is 0 Å². The molecule has 0 aromatic carbocycles. The summed E-state index contributed by atoms with van der Waals surface area (Å²) in [5.74, 6) is 0. The van der Waals surface area contributed by atoms with E-state index in [2.05, 4.69) is 63.9 Å². The first kappa shape index (κ1) is 17.8. The van der Waals surface area contributed by atoms with Crippen molar-refractivity contribution in [3.05, 3.63) is 22.8 Å². The zero-order valence-corrected chi connectivity index (χ0v) is 12.7. The molecule has 1 aliphatic rings. The molecule has 1 aliphatic carbocycles. The van der Waals surface area contributed by atoms with Crippen molar-refractivity contribution in [1.82, 2.24) is 0 Å². The Bertz CT molecular complexity index is 300. The summed E-state index contributed by atoms with van der Waals surface area (Å²) in [5, 5.41) is 0. The molecule has 15 heavy (non-hydrogen) atoms. The van der Waals surface area contributed by atoms with Gasteiger partial charge in [0.2, 0.25) is 0 Å². The first-order valence-corrected chi connectivity index (χ1v) is 5.09. The van der Waals surface area contributed by atoms with Crippen LogP contribution in [0.5, 0.6) is 0 Å². The van der Waals surface area contributed by atoms with Crippen molar-refractivity contribution in [3.8, 4) is 0 Å². The predicted octanol–water partition coefficient (Wildman–Crippen LogP) is 4.69. The van der Waals surface area contributed by atoms with Gasteiger partial charge in [0.15, 0.2) is 0 Å². The van der Waals surface area contributed by atoms with Crippen LogP contribution in [0.15, 0.2) is 16.7 Å². The Balaban J connectivity index is 0. The maximum Gasteiger partial charge on any atom is 0.313 e. The number of rotatable bonds is 0. The quantitative estimate of drug-likeness (QED) is 0.358. The third-order valence-electron chi connectivity index (χ3n) is 2.56. The number of hydrogen-bond donors (Lipinski definition) is 0. The molecule has 1 nitrogen and oxygen atoms in total. The Kier molecular flexibility index (Phi) is 8.21. The van der Waals surface area contributed by atoms with Crippen LogP contribution in [-0.2, 0) is 21.7 Å². The van der Waals surface area contributed by atoms with Gasteiger partial charge in [-0.2, -0.15) is 11.1 Å². The summed E-state index contributed by atoms with van der Waals surface area (Å²) in [6, 6.07) is 0. The van der Waals surface area contributed by atoms with Gasteiger partial charge < -0.3 is 0 Å². The van der Waals surface area contributed by atoms with Crippen LogP contribution >= 0.6 is 23.2 Å². The molecule has 0 N–H and O–H groups in total. The largest absolute Gasteiger partial charge is 0.313 e. The van der Waals surface area contributed by atoms with Crippen LogP contribution in [-0.4, -0.2) is 4.70 Å². The van der Waals surface area contributed by atoms with Crippen LogP contribution in [0.2, 0.25) is 0 Å². The minimum absolute atomic E-state index is 0. The fraction of sp³-hybridized carbons (Fsp3) is 0.545. The van der Waals surface area contributed by atoms with Crippen molar-refractivity contribution in [2.75, 3.05) is 0 Å². The molecule has 0 amide bonds. The van der Waals surface area contributed by atoms with E-state index >= 15 is 0 Å². The van der Waals surface area contributed by atoms with Gasteiger partial charge in [-0.15, -0.1) is 6.92 Å². The molecule has 0 aromatic heterocycles. The number of hydrogen-bond acceptors (Lipinski definition) is 1. The van der Waals surface area contributed by atoms with Crippen LogP contribution in [0.1, 0.15) is 34.6 Å². The van der Waals surface area contributed by atoms with Crippen molar-refractivity contribution >= 4 is 27.9 Å². The smallest absolute Gasteiger partial charge is 0.263 e. The molecule has 4 heteroatoms. The van der Waals surface area contributed by atoms with Gasteiger partial charge in [0.25, 0.3) is 0 Å². The Labute approximate surface area is 117 Å². The summed E-state index contributed by atoms with van der Waals surface area (Å²) in [4.78, 5) is 8.98. The van der Waals surface area contributed by atoms with Crippen molar-refractivity contribution < 1.29 is 26.5 Å². The van der Waals surface area contributed by atoms with Gasteiger partial charge in [-0.3, -0.25) is 10.9 Å². The van der Waals surface area contributed by atoms with Crippen LogP contribution < -0.4 is 0 Å². The molecule has 0 atom stereocenters. The molecule has 0 aliphatic heterocycles.